The zero-order chi connectivity index (χ0) is 14.4. The molecule has 6 nitrogen and oxygen atoms in total. The summed E-state index contributed by atoms with van der Waals surface area (Å²) in [6.07, 6.45) is 2.35. The summed E-state index contributed by atoms with van der Waals surface area (Å²) in [6, 6.07) is 3.73. The van der Waals surface area contributed by atoms with Crippen molar-refractivity contribution < 1.29 is 9.47 Å². The maximum absolute atomic E-state index is 6.24. The normalized spacial score (nSPS) is 10.3. The van der Waals surface area contributed by atoms with E-state index in [1.54, 1.807) is 7.11 Å². The lowest BCUT2D eigenvalue weighted by Gasteiger charge is -2.14. The minimum absolute atomic E-state index is 0.534. The van der Waals surface area contributed by atoms with Gasteiger partial charge in [-0.2, -0.15) is 5.10 Å². The number of aromatic amines is 1. The number of methoxy groups -OCH3 is 1. The molecule has 0 fully saturated rings. The first-order chi connectivity index (χ1) is 9.74. The van der Waals surface area contributed by atoms with E-state index in [9.17, 15) is 0 Å². The van der Waals surface area contributed by atoms with E-state index in [-0.39, 0.29) is 0 Å². The van der Waals surface area contributed by atoms with Crippen molar-refractivity contribution in [2.24, 2.45) is 0 Å². The van der Waals surface area contributed by atoms with Crippen molar-refractivity contribution in [3.8, 4) is 11.5 Å². The van der Waals surface area contributed by atoms with Gasteiger partial charge in [-0.05, 0) is 24.1 Å². The molecule has 7 heteroatoms. The minimum atomic E-state index is 0.534. The maximum atomic E-state index is 6.24. The molecule has 20 heavy (non-hydrogen) atoms. The summed E-state index contributed by atoms with van der Waals surface area (Å²) in [5.41, 5.74) is 0.965. The summed E-state index contributed by atoms with van der Waals surface area (Å²) in [5, 5.41) is 10.1. The predicted octanol–water partition coefficient (Wildman–Crippen LogP) is 2.87. The van der Waals surface area contributed by atoms with Crippen molar-refractivity contribution >= 4 is 17.5 Å². The molecule has 0 saturated heterocycles. The van der Waals surface area contributed by atoms with Crippen LogP contribution in [0.5, 0.6) is 11.5 Å². The lowest BCUT2D eigenvalue weighted by molar-refractivity contribution is 0.294. The van der Waals surface area contributed by atoms with Crippen molar-refractivity contribution in [1.82, 2.24) is 15.2 Å². The molecular weight excluding hydrogens is 280 g/mol. The van der Waals surface area contributed by atoms with Crippen molar-refractivity contribution in [1.29, 1.82) is 0 Å². The molecule has 1 aromatic carbocycles. The van der Waals surface area contributed by atoms with Gasteiger partial charge >= 0.3 is 0 Å². The molecule has 1 aromatic heterocycles. The van der Waals surface area contributed by atoms with Gasteiger partial charge in [0.1, 0.15) is 6.33 Å². The zero-order valence-corrected chi connectivity index (χ0v) is 12.2. The monoisotopic (exact) mass is 296 g/mol. The van der Waals surface area contributed by atoms with Crippen LogP contribution in [0.25, 0.3) is 0 Å². The summed E-state index contributed by atoms with van der Waals surface area (Å²) in [7, 11) is 1.60. The molecule has 0 aliphatic heterocycles. The summed E-state index contributed by atoms with van der Waals surface area (Å²) >= 11 is 6.24. The number of aromatic nitrogens is 3. The molecule has 0 unspecified atom stereocenters. The fourth-order valence-corrected chi connectivity index (χ4v) is 1.98. The van der Waals surface area contributed by atoms with Crippen LogP contribution in [0.2, 0.25) is 5.02 Å². The summed E-state index contributed by atoms with van der Waals surface area (Å²) in [5.74, 6) is 1.81. The zero-order valence-electron chi connectivity index (χ0n) is 11.4. The Bertz CT molecular complexity index is 546. The smallest absolute Gasteiger partial charge is 0.218 e. The summed E-state index contributed by atoms with van der Waals surface area (Å²) < 4.78 is 10.9. The lowest BCUT2D eigenvalue weighted by Crippen LogP contribution is -2.03. The number of H-pyrrole nitrogens is 1. The fraction of sp³-hybridized carbons (Fsp3) is 0.385. The van der Waals surface area contributed by atoms with Crippen molar-refractivity contribution in [2.75, 3.05) is 19.0 Å². The Hall–Kier alpha value is -1.95. The van der Waals surface area contributed by atoms with Crippen LogP contribution in [0, 0.1) is 0 Å². The van der Waals surface area contributed by atoms with Gasteiger partial charge in [-0.3, -0.25) is 0 Å². The van der Waals surface area contributed by atoms with E-state index in [0.29, 0.717) is 35.6 Å². The number of halogens is 1. The second-order valence-electron chi connectivity index (χ2n) is 4.15. The number of nitrogens with zero attached hydrogens (tertiary/aromatic N) is 2. The molecule has 0 aliphatic carbocycles. The quantitative estimate of drug-likeness (QED) is 0.822. The number of hydrogen-bond donors (Lipinski definition) is 2. The van der Waals surface area contributed by atoms with Crippen LogP contribution >= 0.6 is 11.6 Å². The third-order valence-electron chi connectivity index (χ3n) is 2.61. The molecule has 0 radical (unpaired) electrons. The molecule has 2 N–H and O–H groups in total. The second kappa shape index (κ2) is 7.00. The standard InChI is InChI=1S/C13H17ClN4O2/c1-3-4-20-12-10(14)5-9(6-11(12)19-2)7-15-13-16-8-17-18-13/h5-6,8H,3-4,7H2,1-2H3,(H2,15,16,17,18). The average Bonchev–Trinajstić information content (AvgIpc) is 2.96. The highest BCUT2D eigenvalue weighted by molar-refractivity contribution is 6.32. The van der Waals surface area contributed by atoms with E-state index in [2.05, 4.69) is 20.5 Å². The molecule has 0 amide bonds. The van der Waals surface area contributed by atoms with Crippen LogP contribution in [0.15, 0.2) is 18.5 Å². The molecule has 0 atom stereocenters. The van der Waals surface area contributed by atoms with Crippen molar-refractivity contribution in [3.05, 3.63) is 29.0 Å². The Labute approximate surface area is 122 Å². The van der Waals surface area contributed by atoms with E-state index >= 15 is 0 Å². The van der Waals surface area contributed by atoms with Crippen molar-refractivity contribution in [2.45, 2.75) is 19.9 Å². The molecule has 0 aliphatic rings. The molecule has 2 rings (SSSR count). The summed E-state index contributed by atoms with van der Waals surface area (Å²) in [6.45, 7) is 3.20. The molecule has 0 bridgehead atoms. The van der Waals surface area contributed by atoms with Crippen LogP contribution in [0.3, 0.4) is 0 Å². The van der Waals surface area contributed by atoms with E-state index < -0.39 is 0 Å². The lowest BCUT2D eigenvalue weighted by atomic mass is 10.2. The van der Waals surface area contributed by atoms with Crippen LogP contribution in [0.4, 0.5) is 5.95 Å². The number of nitrogens with one attached hydrogen (secondary N) is 2. The van der Waals surface area contributed by atoms with E-state index in [1.165, 1.54) is 6.33 Å². The van der Waals surface area contributed by atoms with Crippen LogP contribution < -0.4 is 14.8 Å². The van der Waals surface area contributed by atoms with Crippen LogP contribution in [-0.2, 0) is 6.54 Å². The fourth-order valence-electron chi connectivity index (χ4n) is 1.70. The first-order valence-electron chi connectivity index (χ1n) is 6.33. The number of rotatable bonds is 7. The van der Waals surface area contributed by atoms with Gasteiger partial charge in [0.05, 0.1) is 18.7 Å². The second-order valence-corrected chi connectivity index (χ2v) is 4.55. The van der Waals surface area contributed by atoms with Gasteiger partial charge in [-0.1, -0.05) is 18.5 Å². The number of anilines is 1. The summed E-state index contributed by atoms with van der Waals surface area (Å²) in [4.78, 5) is 3.99. The molecule has 1 heterocycles. The molecule has 0 spiro atoms. The van der Waals surface area contributed by atoms with Crippen LogP contribution in [-0.4, -0.2) is 28.9 Å². The first kappa shape index (κ1) is 14.5. The Morgan fingerprint density at radius 3 is 2.90 bits per heavy atom. The molecule has 108 valence electrons. The van der Waals surface area contributed by atoms with Gasteiger partial charge in [0.25, 0.3) is 0 Å². The van der Waals surface area contributed by atoms with Crippen molar-refractivity contribution in [3.63, 3.8) is 0 Å². The predicted molar refractivity (Wildman–Crippen MR) is 77.5 cm³/mol. The average molecular weight is 297 g/mol. The molecular formula is C13H17ClN4O2. The highest BCUT2D eigenvalue weighted by Gasteiger charge is 2.12. The van der Waals surface area contributed by atoms with Gasteiger partial charge in [0, 0.05) is 6.54 Å². The topological polar surface area (TPSA) is 72.1 Å². The first-order valence-corrected chi connectivity index (χ1v) is 6.70. The largest absolute Gasteiger partial charge is 0.493 e. The number of benzene rings is 1. The number of hydrogen-bond acceptors (Lipinski definition) is 5. The third-order valence-corrected chi connectivity index (χ3v) is 2.90. The Morgan fingerprint density at radius 1 is 1.40 bits per heavy atom. The maximum Gasteiger partial charge on any atom is 0.218 e. The van der Waals surface area contributed by atoms with E-state index in [1.807, 2.05) is 19.1 Å². The Balaban J connectivity index is 2.12. The van der Waals surface area contributed by atoms with E-state index in [0.717, 1.165) is 12.0 Å². The van der Waals surface area contributed by atoms with Gasteiger partial charge in [0.15, 0.2) is 11.5 Å². The SMILES string of the molecule is CCCOc1c(Cl)cc(CNc2ncn[nH]2)cc1OC. The third kappa shape index (κ3) is 3.54. The molecule has 0 saturated carbocycles. The highest BCUT2D eigenvalue weighted by atomic mass is 35.5. The van der Waals surface area contributed by atoms with Gasteiger partial charge in [-0.25, -0.2) is 10.1 Å². The highest BCUT2D eigenvalue weighted by Crippen LogP contribution is 2.36. The Kier molecular flexibility index (Phi) is 5.06. The number of ether oxygens (including phenoxy) is 2. The van der Waals surface area contributed by atoms with Crippen LogP contribution in [0.1, 0.15) is 18.9 Å². The van der Waals surface area contributed by atoms with Gasteiger partial charge < -0.3 is 14.8 Å². The minimum Gasteiger partial charge on any atom is -0.493 e. The van der Waals surface area contributed by atoms with Gasteiger partial charge in [0.2, 0.25) is 5.95 Å². The Morgan fingerprint density at radius 2 is 2.25 bits per heavy atom. The van der Waals surface area contributed by atoms with E-state index in [4.69, 9.17) is 21.1 Å². The molecule has 2 aromatic rings. The van der Waals surface area contributed by atoms with Gasteiger partial charge in [-0.15, -0.1) is 0 Å².